The lowest BCUT2D eigenvalue weighted by Gasteiger charge is -2.04. The van der Waals surface area contributed by atoms with Crippen molar-refractivity contribution in [1.82, 2.24) is 40.4 Å². The molecule has 2 aromatic carbocycles. The summed E-state index contributed by atoms with van der Waals surface area (Å²) in [6.45, 7) is 0. The minimum Gasteiger partial charge on any atom is -0.319 e. The second kappa shape index (κ2) is 6.69. The molecule has 0 saturated carbocycles. The zero-order valence-corrected chi connectivity index (χ0v) is 13.8. The van der Waals surface area contributed by atoms with E-state index in [1.165, 1.54) is 15.8 Å². The van der Waals surface area contributed by atoms with Crippen LogP contribution in [-0.4, -0.2) is 46.3 Å². The Bertz CT molecular complexity index is 1030. The van der Waals surface area contributed by atoms with Gasteiger partial charge >= 0.3 is 0 Å². The maximum absolute atomic E-state index is 12.3. The van der Waals surface area contributed by atoms with Crippen molar-refractivity contribution in [2.45, 2.75) is 0 Å². The molecule has 4 rings (SSSR count). The van der Waals surface area contributed by atoms with E-state index in [4.69, 9.17) is 11.6 Å². The zero-order valence-electron chi connectivity index (χ0n) is 13.1. The first kappa shape index (κ1) is 15.8. The zero-order chi connectivity index (χ0) is 17.9. The van der Waals surface area contributed by atoms with Crippen LogP contribution in [0.5, 0.6) is 0 Å². The number of rotatable bonds is 4. The lowest BCUT2D eigenvalue weighted by Crippen LogP contribution is -2.14. The Morgan fingerprint density at radius 3 is 2.38 bits per heavy atom. The third kappa shape index (κ3) is 3.26. The average molecular weight is 368 g/mol. The van der Waals surface area contributed by atoms with Crippen molar-refractivity contribution < 1.29 is 4.79 Å². The first-order valence-electron chi connectivity index (χ1n) is 7.40. The van der Waals surface area contributed by atoms with E-state index < -0.39 is 5.91 Å². The van der Waals surface area contributed by atoms with Gasteiger partial charge in [0.05, 0.1) is 11.4 Å². The van der Waals surface area contributed by atoms with Crippen molar-refractivity contribution in [3.8, 4) is 11.4 Å². The molecule has 1 amide bonds. The third-order valence-electron chi connectivity index (χ3n) is 3.41. The maximum Gasteiger partial charge on any atom is 0.297 e. The van der Waals surface area contributed by atoms with Crippen molar-refractivity contribution in [2.24, 2.45) is 0 Å². The maximum atomic E-state index is 12.3. The van der Waals surface area contributed by atoms with E-state index >= 15 is 0 Å². The number of hydrogen-bond acceptors (Lipinski definition) is 7. The molecule has 0 fully saturated rings. The summed E-state index contributed by atoms with van der Waals surface area (Å²) >= 11 is 5.85. The Morgan fingerprint density at radius 1 is 0.962 bits per heavy atom. The largest absolute Gasteiger partial charge is 0.319 e. The molecule has 11 heteroatoms. The van der Waals surface area contributed by atoms with Gasteiger partial charge in [-0.2, -0.15) is 0 Å². The first-order chi connectivity index (χ1) is 12.7. The molecule has 0 bridgehead atoms. The molecule has 0 radical (unpaired) electrons. The Labute approximate surface area is 151 Å². The number of hydrogen-bond donors (Lipinski definition) is 1. The van der Waals surface area contributed by atoms with Crippen LogP contribution in [0.3, 0.4) is 0 Å². The van der Waals surface area contributed by atoms with E-state index in [-0.39, 0.29) is 5.82 Å². The van der Waals surface area contributed by atoms with Crippen LogP contribution in [-0.2, 0) is 0 Å². The fraction of sp³-hybridized carbons (Fsp3) is 0. The standard InChI is InChI=1S/C15H10ClN9O/c16-10-1-5-13(6-2-10)25-20-14(19-22-25)15(26)18-11-3-7-12(8-4-11)24-9-17-21-23-24/h1-9H,(H,18,26). The Hall–Kier alpha value is -3.66. The lowest BCUT2D eigenvalue weighted by atomic mass is 10.3. The van der Waals surface area contributed by atoms with Gasteiger partial charge in [-0.1, -0.05) is 11.6 Å². The highest BCUT2D eigenvalue weighted by Gasteiger charge is 2.14. The van der Waals surface area contributed by atoms with Gasteiger partial charge in [-0.15, -0.1) is 20.1 Å². The number of anilines is 1. The predicted octanol–water partition coefficient (Wildman–Crippen LogP) is 1.54. The number of nitrogens with one attached hydrogen (secondary N) is 1. The van der Waals surface area contributed by atoms with Crippen molar-refractivity contribution in [3.63, 3.8) is 0 Å². The number of tetrazole rings is 2. The molecule has 128 valence electrons. The molecule has 1 N–H and O–H groups in total. The molecule has 0 spiro atoms. The Balaban J connectivity index is 1.47. The SMILES string of the molecule is O=C(Nc1ccc(-n2cnnn2)cc1)c1nnn(-c2ccc(Cl)cc2)n1. The van der Waals surface area contributed by atoms with Gasteiger partial charge in [0.1, 0.15) is 6.33 Å². The van der Waals surface area contributed by atoms with Gasteiger partial charge in [0, 0.05) is 10.7 Å². The van der Waals surface area contributed by atoms with Gasteiger partial charge in [-0.25, -0.2) is 4.68 Å². The van der Waals surface area contributed by atoms with Crippen LogP contribution >= 0.6 is 11.6 Å². The van der Waals surface area contributed by atoms with Crippen LogP contribution in [0.1, 0.15) is 10.6 Å². The number of aromatic nitrogens is 8. The van der Waals surface area contributed by atoms with Crippen LogP contribution in [0.25, 0.3) is 11.4 Å². The molecule has 2 aromatic heterocycles. The molecule has 0 aliphatic rings. The minimum atomic E-state index is -0.472. The number of carbonyl (C=O) groups excluding carboxylic acids is 1. The molecule has 0 unspecified atom stereocenters. The average Bonchev–Trinajstić information content (AvgIpc) is 3.35. The summed E-state index contributed by atoms with van der Waals surface area (Å²) in [5.41, 5.74) is 1.99. The van der Waals surface area contributed by atoms with E-state index in [1.54, 1.807) is 48.5 Å². The van der Waals surface area contributed by atoms with Crippen LogP contribution < -0.4 is 5.32 Å². The van der Waals surface area contributed by atoms with Crippen molar-refractivity contribution in [2.75, 3.05) is 5.32 Å². The summed E-state index contributed by atoms with van der Waals surface area (Å²) in [7, 11) is 0. The Morgan fingerprint density at radius 2 is 1.69 bits per heavy atom. The smallest absolute Gasteiger partial charge is 0.297 e. The highest BCUT2D eigenvalue weighted by atomic mass is 35.5. The monoisotopic (exact) mass is 367 g/mol. The highest BCUT2D eigenvalue weighted by molar-refractivity contribution is 6.30. The van der Waals surface area contributed by atoms with Crippen LogP contribution in [0.15, 0.2) is 54.9 Å². The molecule has 0 atom stereocenters. The minimum absolute atomic E-state index is 0.0514. The lowest BCUT2D eigenvalue weighted by molar-refractivity contribution is 0.101. The van der Waals surface area contributed by atoms with E-state index in [0.29, 0.717) is 16.4 Å². The molecule has 2 heterocycles. The van der Waals surface area contributed by atoms with E-state index in [2.05, 4.69) is 36.3 Å². The summed E-state index contributed by atoms with van der Waals surface area (Å²) in [6.07, 6.45) is 1.48. The second-order valence-electron chi connectivity index (χ2n) is 5.13. The number of benzene rings is 2. The fourth-order valence-electron chi connectivity index (χ4n) is 2.15. The van der Waals surface area contributed by atoms with Crippen molar-refractivity contribution in [3.05, 3.63) is 65.7 Å². The van der Waals surface area contributed by atoms with Gasteiger partial charge < -0.3 is 5.32 Å². The molecule has 26 heavy (non-hydrogen) atoms. The molecular formula is C15H10ClN9O. The summed E-state index contributed by atoms with van der Waals surface area (Å²) in [6, 6.07) is 13.8. The van der Waals surface area contributed by atoms with Gasteiger partial charge in [0.15, 0.2) is 0 Å². The molecule has 0 aliphatic carbocycles. The molecule has 0 aliphatic heterocycles. The molecule has 4 aromatic rings. The van der Waals surface area contributed by atoms with E-state index in [9.17, 15) is 4.79 Å². The van der Waals surface area contributed by atoms with Gasteiger partial charge in [-0.3, -0.25) is 4.79 Å². The summed E-state index contributed by atoms with van der Waals surface area (Å²) in [4.78, 5) is 13.5. The number of amides is 1. The second-order valence-corrected chi connectivity index (χ2v) is 5.57. The number of halogens is 1. The van der Waals surface area contributed by atoms with Gasteiger partial charge in [0.25, 0.3) is 11.7 Å². The third-order valence-corrected chi connectivity index (χ3v) is 3.66. The predicted molar refractivity (Wildman–Crippen MR) is 91.3 cm³/mol. The van der Waals surface area contributed by atoms with Crippen molar-refractivity contribution >= 4 is 23.2 Å². The quantitative estimate of drug-likeness (QED) is 0.581. The first-order valence-corrected chi connectivity index (χ1v) is 7.77. The summed E-state index contributed by atoms with van der Waals surface area (Å²) in [5.74, 6) is -0.523. The van der Waals surface area contributed by atoms with Crippen LogP contribution in [0.2, 0.25) is 5.02 Å². The topological polar surface area (TPSA) is 116 Å². The van der Waals surface area contributed by atoms with Crippen LogP contribution in [0, 0.1) is 0 Å². The Kier molecular flexibility index (Phi) is 4.07. The van der Waals surface area contributed by atoms with E-state index in [0.717, 1.165) is 5.69 Å². The normalized spacial score (nSPS) is 10.7. The highest BCUT2D eigenvalue weighted by Crippen LogP contribution is 2.14. The summed E-state index contributed by atoms with van der Waals surface area (Å²) in [5, 5.41) is 26.0. The number of nitrogens with zero attached hydrogens (tertiary/aromatic N) is 8. The molecular weight excluding hydrogens is 358 g/mol. The van der Waals surface area contributed by atoms with Gasteiger partial charge in [0.2, 0.25) is 0 Å². The molecule has 10 nitrogen and oxygen atoms in total. The van der Waals surface area contributed by atoms with E-state index in [1.807, 2.05) is 0 Å². The fourth-order valence-corrected chi connectivity index (χ4v) is 2.28. The molecule has 0 saturated heterocycles. The summed E-state index contributed by atoms with van der Waals surface area (Å²) < 4.78 is 1.50. The van der Waals surface area contributed by atoms with Gasteiger partial charge in [-0.05, 0) is 64.2 Å². The van der Waals surface area contributed by atoms with Crippen LogP contribution in [0.4, 0.5) is 5.69 Å². The number of carbonyl (C=O) groups is 1. The van der Waals surface area contributed by atoms with Crippen molar-refractivity contribution in [1.29, 1.82) is 0 Å².